The van der Waals surface area contributed by atoms with Crippen molar-refractivity contribution in [3.8, 4) is 0 Å². The Labute approximate surface area is 87.3 Å². The van der Waals surface area contributed by atoms with Gasteiger partial charge in [-0.2, -0.15) is 0 Å². The molecule has 0 aliphatic heterocycles. The molecule has 1 nitrogen and oxygen atoms in total. The van der Waals surface area contributed by atoms with Gasteiger partial charge in [-0.05, 0) is 31.1 Å². The smallest absolute Gasteiger partial charge is 0.139 e. The van der Waals surface area contributed by atoms with Crippen LogP contribution < -0.4 is 0 Å². The third-order valence-electron chi connectivity index (χ3n) is 4.77. The molecule has 0 N–H and O–H groups in total. The van der Waals surface area contributed by atoms with Gasteiger partial charge in [0.15, 0.2) is 0 Å². The number of hydrogen-bond donors (Lipinski definition) is 0. The van der Waals surface area contributed by atoms with Crippen molar-refractivity contribution in [1.82, 2.24) is 0 Å². The lowest BCUT2D eigenvalue weighted by Gasteiger charge is -2.28. The summed E-state index contributed by atoms with van der Waals surface area (Å²) in [7, 11) is 0. The van der Waals surface area contributed by atoms with Crippen LogP contribution in [0.2, 0.25) is 0 Å². The number of carbonyl (C=O) groups excluding carboxylic acids is 1. The van der Waals surface area contributed by atoms with Crippen LogP contribution in [0.4, 0.5) is 0 Å². The Kier molecular flexibility index (Phi) is 2.68. The predicted octanol–water partition coefficient (Wildman–Crippen LogP) is 3.57. The molecule has 2 saturated carbocycles. The molecule has 0 aromatic carbocycles. The minimum atomic E-state index is 0.139. The lowest BCUT2D eigenvalue weighted by molar-refractivity contribution is -0.128. The number of fused-ring (bicyclic) bond motifs is 2. The summed E-state index contributed by atoms with van der Waals surface area (Å²) in [5, 5.41) is 0. The summed E-state index contributed by atoms with van der Waals surface area (Å²) in [6.45, 7) is 4.55. The van der Waals surface area contributed by atoms with Gasteiger partial charge in [-0.25, -0.2) is 0 Å². The second kappa shape index (κ2) is 3.67. The van der Waals surface area contributed by atoms with Crippen LogP contribution in [-0.2, 0) is 4.79 Å². The van der Waals surface area contributed by atoms with E-state index in [1.54, 1.807) is 0 Å². The van der Waals surface area contributed by atoms with Crippen LogP contribution in [-0.4, -0.2) is 5.78 Å². The zero-order valence-electron chi connectivity index (χ0n) is 9.51. The van der Waals surface area contributed by atoms with Gasteiger partial charge in [-0.3, -0.25) is 4.79 Å². The van der Waals surface area contributed by atoms with E-state index < -0.39 is 0 Å². The minimum Gasteiger partial charge on any atom is -0.299 e. The fraction of sp³-hybridized carbons (Fsp3) is 0.923. The third kappa shape index (κ3) is 1.32. The zero-order chi connectivity index (χ0) is 10.2. The first-order valence-corrected chi connectivity index (χ1v) is 6.24. The summed E-state index contributed by atoms with van der Waals surface area (Å²) in [4.78, 5) is 12.0. The molecule has 2 rings (SSSR count). The highest BCUT2D eigenvalue weighted by atomic mass is 16.1. The second-order valence-corrected chi connectivity index (χ2v) is 5.33. The molecule has 2 aliphatic rings. The Balaban J connectivity index is 2.01. The quantitative estimate of drug-likeness (QED) is 0.625. The first kappa shape index (κ1) is 10.2. The molecule has 2 fully saturated rings. The zero-order valence-corrected chi connectivity index (χ0v) is 9.51. The van der Waals surface area contributed by atoms with Crippen LogP contribution in [0.1, 0.15) is 58.8 Å². The molecule has 80 valence electrons. The van der Waals surface area contributed by atoms with E-state index >= 15 is 0 Å². The van der Waals surface area contributed by atoms with E-state index in [0.717, 1.165) is 12.3 Å². The topological polar surface area (TPSA) is 17.1 Å². The molecule has 0 saturated heterocycles. The molecule has 1 heteroatoms. The van der Waals surface area contributed by atoms with Gasteiger partial charge < -0.3 is 0 Å². The molecule has 2 aliphatic carbocycles. The van der Waals surface area contributed by atoms with Crippen molar-refractivity contribution < 1.29 is 4.79 Å². The van der Waals surface area contributed by atoms with E-state index in [9.17, 15) is 4.79 Å². The average molecular weight is 194 g/mol. The average Bonchev–Trinajstić information content (AvgIpc) is 2.58. The van der Waals surface area contributed by atoms with E-state index in [4.69, 9.17) is 0 Å². The molecule has 14 heavy (non-hydrogen) atoms. The molecule has 0 heterocycles. The van der Waals surface area contributed by atoms with E-state index in [1.165, 1.54) is 38.5 Å². The van der Waals surface area contributed by atoms with Gasteiger partial charge in [0.1, 0.15) is 5.78 Å². The molecule has 0 aromatic rings. The molecule has 0 radical (unpaired) electrons. The number of ketones is 1. The normalized spacial score (nSPS) is 40.9. The number of Topliss-reactive ketones (excluding diaryl/α,β-unsaturated/α-hetero) is 1. The third-order valence-corrected chi connectivity index (χ3v) is 4.77. The summed E-state index contributed by atoms with van der Waals surface area (Å²) in [6, 6.07) is 0. The highest BCUT2D eigenvalue weighted by molar-refractivity contribution is 5.88. The van der Waals surface area contributed by atoms with Gasteiger partial charge in [-0.15, -0.1) is 0 Å². The molecular formula is C13H22O. The van der Waals surface area contributed by atoms with Gasteiger partial charge in [0, 0.05) is 11.8 Å². The first-order valence-electron chi connectivity index (χ1n) is 6.24. The summed E-state index contributed by atoms with van der Waals surface area (Å²) in [5.74, 6) is 2.02. The van der Waals surface area contributed by atoms with E-state index in [2.05, 4.69) is 13.8 Å². The Bertz CT molecular complexity index is 233. The summed E-state index contributed by atoms with van der Waals surface area (Å²) >= 11 is 0. The molecule has 0 aromatic heterocycles. The standard InChI is InChI=1S/C13H22O/c1-3-4-5-7-13-8-6-11(10(13)2)9-12(13)14/h10-11H,3-9H2,1-2H3. The van der Waals surface area contributed by atoms with E-state index in [1.807, 2.05) is 0 Å². The minimum absolute atomic E-state index is 0.139. The number of unbranched alkanes of at least 4 members (excludes halogenated alkanes) is 2. The van der Waals surface area contributed by atoms with Gasteiger partial charge in [0.05, 0.1) is 0 Å². The molecular weight excluding hydrogens is 172 g/mol. The Morgan fingerprint density at radius 2 is 2.21 bits per heavy atom. The van der Waals surface area contributed by atoms with Gasteiger partial charge in [0.2, 0.25) is 0 Å². The summed E-state index contributed by atoms with van der Waals surface area (Å²) in [5.41, 5.74) is 0.139. The Morgan fingerprint density at radius 1 is 1.43 bits per heavy atom. The molecule has 0 amide bonds. The van der Waals surface area contributed by atoms with Crippen LogP contribution in [0.5, 0.6) is 0 Å². The SMILES string of the molecule is CCCCCC12CCC(CC1=O)C2C. The lowest BCUT2D eigenvalue weighted by Crippen LogP contribution is -2.29. The summed E-state index contributed by atoms with van der Waals surface area (Å²) in [6.07, 6.45) is 8.42. The van der Waals surface area contributed by atoms with Crippen molar-refractivity contribution >= 4 is 5.78 Å². The summed E-state index contributed by atoms with van der Waals surface area (Å²) < 4.78 is 0. The number of rotatable bonds is 4. The largest absolute Gasteiger partial charge is 0.299 e. The maximum Gasteiger partial charge on any atom is 0.139 e. The maximum absolute atomic E-state index is 12.0. The van der Waals surface area contributed by atoms with Gasteiger partial charge >= 0.3 is 0 Å². The second-order valence-electron chi connectivity index (χ2n) is 5.33. The van der Waals surface area contributed by atoms with Crippen molar-refractivity contribution in [2.45, 2.75) is 58.8 Å². The highest BCUT2D eigenvalue weighted by Gasteiger charge is 2.56. The van der Waals surface area contributed by atoms with Gasteiger partial charge in [-0.1, -0.05) is 33.1 Å². The molecule has 2 bridgehead atoms. The number of carbonyl (C=O) groups is 1. The fourth-order valence-corrected chi connectivity index (χ4v) is 3.67. The predicted molar refractivity (Wildman–Crippen MR) is 58.1 cm³/mol. The maximum atomic E-state index is 12.0. The van der Waals surface area contributed by atoms with Crippen molar-refractivity contribution in [2.75, 3.05) is 0 Å². The van der Waals surface area contributed by atoms with Crippen molar-refractivity contribution in [3.63, 3.8) is 0 Å². The molecule has 3 atom stereocenters. The van der Waals surface area contributed by atoms with Crippen LogP contribution in [0.25, 0.3) is 0 Å². The number of hydrogen-bond acceptors (Lipinski definition) is 1. The van der Waals surface area contributed by atoms with Crippen LogP contribution >= 0.6 is 0 Å². The fourth-order valence-electron chi connectivity index (χ4n) is 3.67. The van der Waals surface area contributed by atoms with Gasteiger partial charge in [0.25, 0.3) is 0 Å². The van der Waals surface area contributed by atoms with Crippen molar-refractivity contribution in [1.29, 1.82) is 0 Å². The molecule has 0 spiro atoms. The first-order chi connectivity index (χ1) is 6.70. The van der Waals surface area contributed by atoms with Crippen molar-refractivity contribution in [2.24, 2.45) is 17.3 Å². The highest BCUT2D eigenvalue weighted by Crippen LogP contribution is 2.58. The van der Waals surface area contributed by atoms with Crippen LogP contribution in [0.3, 0.4) is 0 Å². The lowest BCUT2D eigenvalue weighted by atomic mass is 9.74. The van der Waals surface area contributed by atoms with Crippen LogP contribution in [0, 0.1) is 17.3 Å². The van der Waals surface area contributed by atoms with Crippen molar-refractivity contribution in [3.05, 3.63) is 0 Å². The molecule has 3 unspecified atom stereocenters. The Morgan fingerprint density at radius 3 is 2.71 bits per heavy atom. The monoisotopic (exact) mass is 194 g/mol. The van der Waals surface area contributed by atoms with Crippen LogP contribution in [0.15, 0.2) is 0 Å². The Hall–Kier alpha value is -0.330. The van der Waals surface area contributed by atoms with E-state index in [-0.39, 0.29) is 5.41 Å². The van der Waals surface area contributed by atoms with E-state index in [0.29, 0.717) is 11.7 Å².